The van der Waals surface area contributed by atoms with Crippen molar-refractivity contribution in [2.45, 2.75) is 6.10 Å². The lowest BCUT2D eigenvalue weighted by Gasteiger charge is -2.31. The highest BCUT2D eigenvalue weighted by molar-refractivity contribution is 5.96. The molecule has 2 N–H and O–H groups in total. The van der Waals surface area contributed by atoms with Gasteiger partial charge in [-0.3, -0.25) is 4.79 Å². The van der Waals surface area contributed by atoms with Gasteiger partial charge in [0.25, 0.3) is 5.91 Å². The van der Waals surface area contributed by atoms with Gasteiger partial charge < -0.3 is 24.8 Å². The fraction of sp³-hybridized carbons (Fsp3) is 0.429. The molecule has 2 rings (SSSR count). The van der Waals surface area contributed by atoms with Crippen LogP contribution in [0, 0.1) is 0 Å². The van der Waals surface area contributed by atoms with Gasteiger partial charge in [0.1, 0.15) is 5.75 Å². The number of benzene rings is 1. The first-order valence-corrected chi connectivity index (χ1v) is 6.48. The maximum Gasteiger partial charge on any atom is 0.336 e. The SMILES string of the molecule is COC(=O)C1CN(C(=O)c2cc(N)cc(OC)c2)CCO1. The summed E-state index contributed by atoms with van der Waals surface area (Å²) in [6, 6.07) is 4.82. The molecular weight excluding hydrogens is 276 g/mol. The lowest BCUT2D eigenvalue weighted by Crippen LogP contribution is -2.48. The molecule has 114 valence electrons. The van der Waals surface area contributed by atoms with Crippen molar-refractivity contribution in [3.63, 3.8) is 0 Å². The third kappa shape index (κ3) is 3.43. The van der Waals surface area contributed by atoms with E-state index in [0.717, 1.165) is 0 Å². The van der Waals surface area contributed by atoms with Gasteiger partial charge in [-0.1, -0.05) is 0 Å². The third-order valence-electron chi connectivity index (χ3n) is 3.23. The van der Waals surface area contributed by atoms with E-state index in [-0.39, 0.29) is 19.1 Å². The number of carbonyl (C=O) groups excluding carboxylic acids is 2. The zero-order valence-electron chi connectivity index (χ0n) is 12.0. The molecule has 1 fully saturated rings. The Morgan fingerprint density at radius 1 is 1.33 bits per heavy atom. The van der Waals surface area contributed by atoms with Crippen LogP contribution in [0.3, 0.4) is 0 Å². The fourth-order valence-electron chi connectivity index (χ4n) is 2.15. The summed E-state index contributed by atoms with van der Waals surface area (Å²) in [5.74, 6) is -0.202. The minimum atomic E-state index is -0.754. The van der Waals surface area contributed by atoms with Crippen LogP contribution in [0.2, 0.25) is 0 Å². The van der Waals surface area contributed by atoms with Crippen molar-refractivity contribution in [3.05, 3.63) is 23.8 Å². The Morgan fingerprint density at radius 2 is 2.10 bits per heavy atom. The first-order valence-electron chi connectivity index (χ1n) is 6.48. The first kappa shape index (κ1) is 15.1. The van der Waals surface area contributed by atoms with Gasteiger partial charge in [0, 0.05) is 23.9 Å². The van der Waals surface area contributed by atoms with E-state index in [0.29, 0.717) is 23.5 Å². The summed E-state index contributed by atoms with van der Waals surface area (Å²) < 4.78 is 15.0. The first-order chi connectivity index (χ1) is 10.0. The largest absolute Gasteiger partial charge is 0.497 e. The number of nitrogens with two attached hydrogens (primary N) is 1. The van der Waals surface area contributed by atoms with Gasteiger partial charge in [-0.15, -0.1) is 0 Å². The van der Waals surface area contributed by atoms with Gasteiger partial charge in [-0.25, -0.2) is 4.79 Å². The van der Waals surface area contributed by atoms with E-state index in [4.69, 9.17) is 15.2 Å². The number of methoxy groups -OCH3 is 2. The molecule has 1 heterocycles. The van der Waals surface area contributed by atoms with Crippen LogP contribution in [0.5, 0.6) is 5.75 Å². The van der Waals surface area contributed by atoms with Crippen LogP contribution in [-0.2, 0) is 14.3 Å². The molecule has 0 bridgehead atoms. The Labute approximate surface area is 122 Å². The number of esters is 1. The fourth-order valence-corrected chi connectivity index (χ4v) is 2.15. The van der Waals surface area contributed by atoms with Gasteiger partial charge in [0.15, 0.2) is 6.10 Å². The van der Waals surface area contributed by atoms with Gasteiger partial charge in [0.2, 0.25) is 0 Å². The van der Waals surface area contributed by atoms with E-state index >= 15 is 0 Å². The van der Waals surface area contributed by atoms with E-state index in [9.17, 15) is 9.59 Å². The maximum atomic E-state index is 12.5. The highest BCUT2D eigenvalue weighted by atomic mass is 16.6. The van der Waals surface area contributed by atoms with Crippen molar-refractivity contribution in [1.29, 1.82) is 0 Å². The number of nitrogen functional groups attached to an aromatic ring is 1. The van der Waals surface area contributed by atoms with Gasteiger partial charge in [-0.05, 0) is 12.1 Å². The normalized spacial score (nSPS) is 18.2. The number of anilines is 1. The van der Waals surface area contributed by atoms with Crippen molar-refractivity contribution in [3.8, 4) is 5.75 Å². The Bertz CT molecular complexity index is 546. The van der Waals surface area contributed by atoms with Crippen LogP contribution >= 0.6 is 0 Å². The smallest absolute Gasteiger partial charge is 0.336 e. The molecule has 0 aliphatic carbocycles. The summed E-state index contributed by atoms with van der Waals surface area (Å²) in [4.78, 5) is 25.5. The second-order valence-electron chi connectivity index (χ2n) is 4.63. The highest BCUT2D eigenvalue weighted by Gasteiger charge is 2.30. The van der Waals surface area contributed by atoms with Crippen molar-refractivity contribution in [2.24, 2.45) is 0 Å². The second kappa shape index (κ2) is 6.45. The zero-order chi connectivity index (χ0) is 15.4. The molecule has 1 saturated heterocycles. The summed E-state index contributed by atoms with van der Waals surface area (Å²) in [5, 5.41) is 0. The van der Waals surface area contributed by atoms with Gasteiger partial charge in [0.05, 0.1) is 27.4 Å². The van der Waals surface area contributed by atoms with Crippen LogP contribution in [0.25, 0.3) is 0 Å². The molecule has 1 atom stereocenters. The lowest BCUT2D eigenvalue weighted by molar-refractivity contribution is -0.158. The quantitative estimate of drug-likeness (QED) is 0.636. The van der Waals surface area contributed by atoms with Gasteiger partial charge >= 0.3 is 5.97 Å². The summed E-state index contributed by atoms with van der Waals surface area (Å²) in [5.41, 5.74) is 6.60. The number of rotatable bonds is 3. The number of amides is 1. The van der Waals surface area contributed by atoms with Crippen LogP contribution in [-0.4, -0.2) is 56.8 Å². The Balaban J connectivity index is 2.15. The number of carbonyl (C=O) groups is 2. The number of hydrogen-bond donors (Lipinski definition) is 1. The molecule has 1 unspecified atom stereocenters. The Kier molecular flexibility index (Phi) is 4.64. The summed E-state index contributed by atoms with van der Waals surface area (Å²) in [6.45, 7) is 0.844. The van der Waals surface area contributed by atoms with E-state index < -0.39 is 12.1 Å². The molecule has 7 nitrogen and oxygen atoms in total. The minimum absolute atomic E-state index is 0.155. The molecular formula is C14H18N2O5. The molecule has 0 saturated carbocycles. The number of morpholine rings is 1. The highest BCUT2D eigenvalue weighted by Crippen LogP contribution is 2.20. The molecule has 1 aliphatic heterocycles. The lowest BCUT2D eigenvalue weighted by atomic mass is 10.1. The van der Waals surface area contributed by atoms with Crippen LogP contribution in [0.1, 0.15) is 10.4 Å². The predicted molar refractivity (Wildman–Crippen MR) is 75.1 cm³/mol. The van der Waals surface area contributed by atoms with Crippen molar-refractivity contribution < 1.29 is 23.8 Å². The molecule has 1 aromatic carbocycles. The molecule has 21 heavy (non-hydrogen) atoms. The molecule has 1 amide bonds. The van der Waals surface area contributed by atoms with Crippen molar-refractivity contribution in [1.82, 2.24) is 4.90 Å². The summed E-state index contributed by atoms with van der Waals surface area (Å²) in [7, 11) is 2.79. The van der Waals surface area contributed by atoms with Gasteiger partial charge in [-0.2, -0.15) is 0 Å². The Hall–Kier alpha value is -2.28. The predicted octanol–water partition coefficient (Wildman–Crippen LogP) is 0.291. The number of hydrogen-bond acceptors (Lipinski definition) is 6. The van der Waals surface area contributed by atoms with Crippen molar-refractivity contribution >= 4 is 17.6 Å². The van der Waals surface area contributed by atoms with E-state index in [1.807, 2.05) is 0 Å². The Morgan fingerprint density at radius 3 is 2.76 bits per heavy atom. The average Bonchev–Trinajstić information content (AvgIpc) is 2.52. The summed E-state index contributed by atoms with van der Waals surface area (Å²) >= 11 is 0. The molecule has 7 heteroatoms. The number of ether oxygens (including phenoxy) is 3. The zero-order valence-corrected chi connectivity index (χ0v) is 12.0. The van der Waals surface area contributed by atoms with E-state index in [1.54, 1.807) is 23.1 Å². The molecule has 0 radical (unpaired) electrons. The van der Waals surface area contributed by atoms with Crippen LogP contribution < -0.4 is 10.5 Å². The van der Waals surface area contributed by atoms with E-state index in [2.05, 4.69) is 4.74 Å². The topological polar surface area (TPSA) is 91.1 Å². The second-order valence-corrected chi connectivity index (χ2v) is 4.63. The molecule has 1 aromatic rings. The third-order valence-corrected chi connectivity index (χ3v) is 3.23. The molecule has 0 spiro atoms. The van der Waals surface area contributed by atoms with E-state index in [1.165, 1.54) is 14.2 Å². The van der Waals surface area contributed by atoms with Crippen LogP contribution in [0.4, 0.5) is 5.69 Å². The standard InChI is InChI=1S/C14H18N2O5/c1-19-11-6-9(5-10(15)7-11)13(17)16-3-4-21-12(8-16)14(18)20-2/h5-7,12H,3-4,8,15H2,1-2H3. The number of nitrogens with zero attached hydrogens (tertiary/aromatic N) is 1. The maximum absolute atomic E-state index is 12.5. The molecule has 0 aromatic heterocycles. The van der Waals surface area contributed by atoms with Crippen LogP contribution in [0.15, 0.2) is 18.2 Å². The minimum Gasteiger partial charge on any atom is -0.497 e. The monoisotopic (exact) mass is 294 g/mol. The average molecular weight is 294 g/mol. The molecule has 1 aliphatic rings. The summed E-state index contributed by atoms with van der Waals surface area (Å²) in [6.07, 6.45) is -0.754. The van der Waals surface area contributed by atoms with Crippen molar-refractivity contribution in [2.75, 3.05) is 39.6 Å².